The van der Waals surface area contributed by atoms with Crippen LogP contribution >= 0.6 is 0 Å². The Morgan fingerprint density at radius 1 is 1.27 bits per heavy atom. The molecule has 0 heterocycles. The highest BCUT2D eigenvalue weighted by atomic mass is 16.6. The van der Waals surface area contributed by atoms with Crippen molar-refractivity contribution in [2.75, 3.05) is 13.7 Å². The number of rotatable bonds is 5. The third-order valence-electron chi connectivity index (χ3n) is 1.80. The molecule has 15 heavy (non-hydrogen) atoms. The van der Waals surface area contributed by atoms with Crippen LogP contribution in [0, 0.1) is 5.92 Å². The van der Waals surface area contributed by atoms with Gasteiger partial charge in [0.25, 0.3) is 0 Å². The van der Waals surface area contributed by atoms with Gasteiger partial charge in [0.05, 0.1) is 13.3 Å². The maximum absolute atomic E-state index is 5.09. The Bertz CT molecular complexity index is 304. The van der Waals surface area contributed by atoms with Gasteiger partial charge < -0.3 is 9.57 Å². The predicted molar refractivity (Wildman–Crippen MR) is 61.4 cm³/mol. The van der Waals surface area contributed by atoms with Crippen molar-refractivity contribution in [3.8, 4) is 5.75 Å². The van der Waals surface area contributed by atoms with Crippen LogP contribution in [0.25, 0.3) is 0 Å². The third-order valence-corrected chi connectivity index (χ3v) is 1.80. The molecule has 0 saturated carbocycles. The molecule has 0 N–H and O–H groups in total. The number of benzene rings is 1. The number of oxime groups is 1. The molecule has 0 amide bonds. The minimum atomic E-state index is 0.498. The second-order valence-corrected chi connectivity index (χ2v) is 3.70. The fraction of sp³-hybridized carbons (Fsp3) is 0.417. The van der Waals surface area contributed by atoms with Crippen LogP contribution in [0.2, 0.25) is 0 Å². The zero-order valence-electron chi connectivity index (χ0n) is 9.43. The first kappa shape index (κ1) is 11.6. The van der Waals surface area contributed by atoms with Crippen LogP contribution in [-0.2, 0) is 4.84 Å². The molecule has 0 aliphatic rings. The van der Waals surface area contributed by atoms with Gasteiger partial charge in [-0.15, -0.1) is 0 Å². The molecule has 82 valence electrons. The molecule has 0 atom stereocenters. The summed E-state index contributed by atoms with van der Waals surface area (Å²) in [7, 11) is 1.65. The first-order chi connectivity index (χ1) is 7.22. The molecule has 3 heteroatoms. The molecule has 3 nitrogen and oxygen atoms in total. The van der Waals surface area contributed by atoms with Crippen molar-refractivity contribution in [3.63, 3.8) is 0 Å². The maximum Gasteiger partial charge on any atom is 0.119 e. The maximum atomic E-state index is 5.09. The van der Waals surface area contributed by atoms with E-state index in [4.69, 9.17) is 9.57 Å². The molecule has 0 fully saturated rings. The van der Waals surface area contributed by atoms with Crippen LogP contribution in [0.4, 0.5) is 0 Å². The summed E-state index contributed by atoms with van der Waals surface area (Å²) < 4.78 is 5.05. The van der Waals surface area contributed by atoms with Crippen molar-refractivity contribution in [1.82, 2.24) is 0 Å². The zero-order chi connectivity index (χ0) is 11.1. The van der Waals surface area contributed by atoms with Crippen LogP contribution in [0.1, 0.15) is 19.4 Å². The summed E-state index contributed by atoms with van der Waals surface area (Å²) in [5.74, 6) is 1.34. The average Bonchev–Trinajstić information content (AvgIpc) is 2.25. The van der Waals surface area contributed by atoms with Gasteiger partial charge in [-0.2, -0.15) is 0 Å². The Hall–Kier alpha value is -1.51. The van der Waals surface area contributed by atoms with Gasteiger partial charge in [0.15, 0.2) is 0 Å². The normalized spacial score (nSPS) is 10.9. The Labute approximate surface area is 90.7 Å². The minimum absolute atomic E-state index is 0.498. The van der Waals surface area contributed by atoms with Crippen LogP contribution < -0.4 is 4.74 Å². The van der Waals surface area contributed by atoms with Crippen molar-refractivity contribution >= 4 is 6.21 Å². The number of hydrogen-bond acceptors (Lipinski definition) is 3. The smallest absolute Gasteiger partial charge is 0.119 e. The molecule has 1 aromatic rings. The molecule has 0 spiro atoms. The van der Waals surface area contributed by atoms with E-state index in [1.165, 1.54) is 0 Å². The van der Waals surface area contributed by atoms with Gasteiger partial charge in [0, 0.05) is 0 Å². The SMILES string of the molecule is COc1ccc(/C=N/OCC(C)C)cc1. The lowest BCUT2D eigenvalue weighted by atomic mass is 10.2. The molecule has 0 saturated heterocycles. The standard InChI is InChI=1S/C12H17NO2/c1-10(2)9-15-13-8-11-4-6-12(14-3)7-5-11/h4-8,10H,9H2,1-3H3/b13-8+. The van der Waals surface area contributed by atoms with E-state index in [-0.39, 0.29) is 0 Å². The molecule has 0 radical (unpaired) electrons. The highest BCUT2D eigenvalue weighted by Crippen LogP contribution is 2.09. The average molecular weight is 207 g/mol. The van der Waals surface area contributed by atoms with Gasteiger partial charge in [-0.05, 0) is 35.7 Å². The number of hydrogen-bond donors (Lipinski definition) is 0. The Balaban J connectivity index is 2.43. The molecule has 0 aromatic heterocycles. The fourth-order valence-corrected chi connectivity index (χ4v) is 0.980. The van der Waals surface area contributed by atoms with E-state index in [0.717, 1.165) is 11.3 Å². The molecule has 0 aliphatic heterocycles. The van der Waals surface area contributed by atoms with E-state index in [2.05, 4.69) is 19.0 Å². The monoisotopic (exact) mass is 207 g/mol. The van der Waals surface area contributed by atoms with Crippen LogP contribution in [0.5, 0.6) is 5.75 Å². The zero-order valence-corrected chi connectivity index (χ0v) is 9.43. The second kappa shape index (κ2) is 6.06. The van der Waals surface area contributed by atoms with E-state index in [1.807, 2.05) is 24.3 Å². The van der Waals surface area contributed by atoms with Crippen LogP contribution in [0.3, 0.4) is 0 Å². The van der Waals surface area contributed by atoms with Gasteiger partial charge in [-0.1, -0.05) is 19.0 Å². The van der Waals surface area contributed by atoms with Gasteiger partial charge in [0.1, 0.15) is 12.4 Å². The van der Waals surface area contributed by atoms with E-state index in [0.29, 0.717) is 12.5 Å². The van der Waals surface area contributed by atoms with Crippen molar-refractivity contribution in [1.29, 1.82) is 0 Å². The summed E-state index contributed by atoms with van der Waals surface area (Å²) in [5.41, 5.74) is 1.000. The van der Waals surface area contributed by atoms with Gasteiger partial charge >= 0.3 is 0 Å². The van der Waals surface area contributed by atoms with E-state index < -0.39 is 0 Å². The van der Waals surface area contributed by atoms with Crippen molar-refractivity contribution < 1.29 is 9.57 Å². The lowest BCUT2D eigenvalue weighted by Crippen LogP contribution is -1.97. The first-order valence-corrected chi connectivity index (χ1v) is 5.01. The summed E-state index contributed by atoms with van der Waals surface area (Å²) >= 11 is 0. The second-order valence-electron chi connectivity index (χ2n) is 3.70. The summed E-state index contributed by atoms with van der Waals surface area (Å²) in [6.45, 7) is 4.82. The number of methoxy groups -OCH3 is 1. The third kappa shape index (κ3) is 4.49. The lowest BCUT2D eigenvalue weighted by molar-refractivity contribution is 0.120. The van der Waals surface area contributed by atoms with Gasteiger partial charge in [-0.3, -0.25) is 0 Å². The summed E-state index contributed by atoms with van der Waals surface area (Å²) in [6.07, 6.45) is 1.70. The highest BCUT2D eigenvalue weighted by molar-refractivity contribution is 5.79. The summed E-state index contributed by atoms with van der Waals surface area (Å²) in [5, 5.41) is 3.87. The summed E-state index contributed by atoms with van der Waals surface area (Å²) in [6, 6.07) is 7.65. The number of nitrogens with zero attached hydrogens (tertiary/aromatic N) is 1. The van der Waals surface area contributed by atoms with E-state index in [1.54, 1.807) is 13.3 Å². The Morgan fingerprint density at radius 2 is 1.93 bits per heavy atom. The quantitative estimate of drug-likeness (QED) is 0.549. The van der Waals surface area contributed by atoms with E-state index >= 15 is 0 Å². The molecule has 0 aliphatic carbocycles. The number of ether oxygens (including phenoxy) is 1. The lowest BCUT2D eigenvalue weighted by Gasteiger charge is -2.01. The highest BCUT2D eigenvalue weighted by Gasteiger charge is 1.92. The molecule has 1 rings (SSSR count). The molecular weight excluding hydrogens is 190 g/mol. The molecule has 1 aromatic carbocycles. The van der Waals surface area contributed by atoms with E-state index in [9.17, 15) is 0 Å². The van der Waals surface area contributed by atoms with Crippen molar-refractivity contribution in [2.45, 2.75) is 13.8 Å². The van der Waals surface area contributed by atoms with Gasteiger partial charge in [-0.25, -0.2) is 0 Å². The van der Waals surface area contributed by atoms with Crippen LogP contribution in [-0.4, -0.2) is 19.9 Å². The Kier molecular flexibility index (Phi) is 4.68. The molecule has 0 bridgehead atoms. The fourth-order valence-electron chi connectivity index (χ4n) is 0.980. The Morgan fingerprint density at radius 3 is 2.47 bits per heavy atom. The van der Waals surface area contributed by atoms with Crippen molar-refractivity contribution in [2.24, 2.45) is 11.1 Å². The van der Waals surface area contributed by atoms with Crippen molar-refractivity contribution in [3.05, 3.63) is 29.8 Å². The largest absolute Gasteiger partial charge is 0.497 e. The first-order valence-electron chi connectivity index (χ1n) is 5.01. The molecule has 0 unspecified atom stereocenters. The summed E-state index contributed by atoms with van der Waals surface area (Å²) in [4.78, 5) is 5.09. The topological polar surface area (TPSA) is 30.8 Å². The molecular formula is C12H17NO2. The van der Waals surface area contributed by atoms with Crippen LogP contribution in [0.15, 0.2) is 29.4 Å². The predicted octanol–water partition coefficient (Wildman–Crippen LogP) is 2.70. The minimum Gasteiger partial charge on any atom is -0.497 e. The van der Waals surface area contributed by atoms with Gasteiger partial charge in [0.2, 0.25) is 0 Å².